The van der Waals surface area contributed by atoms with Crippen LogP contribution in [0, 0.1) is 0 Å². The van der Waals surface area contributed by atoms with Gasteiger partial charge in [0.2, 0.25) is 0 Å². The number of urea groups is 1. The maximum atomic E-state index is 12.2. The monoisotopic (exact) mass is 360 g/mol. The number of para-hydroxylation sites is 1. The molecule has 2 rings (SSSR count). The van der Waals surface area contributed by atoms with Crippen LogP contribution in [0.2, 0.25) is 0 Å². The molecule has 0 aliphatic carbocycles. The Morgan fingerprint density at radius 2 is 1.56 bits per heavy atom. The van der Waals surface area contributed by atoms with Gasteiger partial charge in [0, 0.05) is 5.69 Å². The van der Waals surface area contributed by atoms with E-state index in [0.717, 1.165) is 10.3 Å². The minimum atomic E-state index is -4.08. The lowest BCUT2D eigenvalue weighted by Crippen LogP contribution is -2.44. The molecule has 0 radical (unpaired) electrons. The third-order valence-electron chi connectivity index (χ3n) is 3.08. The van der Waals surface area contributed by atoms with Crippen molar-refractivity contribution < 1.29 is 23.1 Å². The highest BCUT2D eigenvalue weighted by Gasteiger charge is 2.22. The maximum Gasteiger partial charge on any atom is 0.336 e. The van der Waals surface area contributed by atoms with Gasteiger partial charge >= 0.3 is 12.0 Å². The Morgan fingerprint density at radius 3 is 2.12 bits per heavy atom. The number of carbonyl (C=O) groups excluding carboxylic acids is 1. The van der Waals surface area contributed by atoms with Gasteiger partial charge in [-0.1, -0.05) is 48.5 Å². The number of amides is 2. The summed E-state index contributed by atoms with van der Waals surface area (Å²) in [5.74, 6) is -1.27. The molecule has 7 nitrogen and oxygen atoms in total. The number of benzene rings is 2. The second-order valence-corrected chi connectivity index (χ2v) is 6.55. The topological polar surface area (TPSA) is 104 Å². The molecule has 2 amide bonds. The van der Waals surface area contributed by atoms with Gasteiger partial charge in [0.25, 0.3) is 10.0 Å². The molecule has 0 saturated carbocycles. The zero-order chi connectivity index (χ0) is 18.3. The first-order valence-corrected chi connectivity index (χ1v) is 8.76. The summed E-state index contributed by atoms with van der Waals surface area (Å²) in [7, 11) is -4.08. The minimum Gasteiger partial charge on any atom is -0.480 e. The molecule has 2 N–H and O–H groups in total. The molecule has 0 aliphatic heterocycles. The zero-order valence-corrected chi connectivity index (χ0v) is 13.9. The number of sulfonamides is 1. The van der Waals surface area contributed by atoms with E-state index in [-0.39, 0.29) is 5.69 Å². The summed E-state index contributed by atoms with van der Waals surface area (Å²) < 4.78 is 25.9. The molecule has 2 aromatic carbocycles. The summed E-state index contributed by atoms with van der Waals surface area (Å²) in [5.41, 5.74) is 0.912. The van der Waals surface area contributed by atoms with Gasteiger partial charge in [0.1, 0.15) is 6.54 Å². The van der Waals surface area contributed by atoms with Crippen LogP contribution >= 0.6 is 0 Å². The first-order chi connectivity index (χ1) is 11.9. The molecule has 0 unspecified atom stereocenters. The van der Waals surface area contributed by atoms with Crippen molar-refractivity contribution in [3.63, 3.8) is 0 Å². The summed E-state index contributed by atoms with van der Waals surface area (Å²) in [5, 5.41) is 9.81. The predicted molar refractivity (Wildman–Crippen MR) is 94.4 cm³/mol. The average Bonchev–Trinajstić information content (AvgIpc) is 2.59. The van der Waals surface area contributed by atoms with E-state index in [1.54, 1.807) is 48.5 Å². The van der Waals surface area contributed by atoms with E-state index in [1.807, 2.05) is 4.72 Å². The lowest BCUT2D eigenvalue weighted by Gasteiger charge is -2.20. The summed E-state index contributed by atoms with van der Waals surface area (Å²) in [6.45, 7) is -0.673. The quantitative estimate of drug-likeness (QED) is 0.822. The Labute approximate surface area is 145 Å². The van der Waals surface area contributed by atoms with Gasteiger partial charge in [-0.15, -0.1) is 0 Å². The number of nitrogens with zero attached hydrogens (tertiary/aromatic N) is 1. The number of hydrogen-bond acceptors (Lipinski definition) is 4. The van der Waals surface area contributed by atoms with Gasteiger partial charge in [-0.3, -0.25) is 9.69 Å². The summed E-state index contributed by atoms with van der Waals surface area (Å²) in [6.07, 6.45) is 1.33. The lowest BCUT2D eigenvalue weighted by molar-refractivity contribution is -0.135. The zero-order valence-electron chi connectivity index (χ0n) is 13.1. The highest BCUT2D eigenvalue weighted by atomic mass is 32.2. The first-order valence-electron chi connectivity index (χ1n) is 7.22. The lowest BCUT2D eigenvalue weighted by atomic mass is 10.2. The number of carbonyl (C=O) groups is 2. The van der Waals surface area contributed by atoms with Crippen molar-refractivity contribution >= 4 is 33.8 Å². The van der Waals surface area contributed by atoms with Crippen LogP contribution in [0.3, 0.4) is 0 Å². The predicted octanol–water partition coefficient (Wildman–Crippen LogP) is 2.29. The fraction of sp³-hybridized carbons (Fsp3) is 0.0588. The second-order valence-electron chi connectivity index (χ2n) is 4.98. The van der Waals surface area contributed by atoms with Gasteiger partial charge in [-0.05, 0) is 23.8 Å². The third-order valence-corrected chi connectivity index (χ3v) is 4.03. The Hall–Kier alpha value is -3.13. The van der Waals surface area contributed by atoms with Crippen molar-refractivity contribution in [2.45, 2.75) is 0 Å². The fourth-order valence-corrected chi connectivity index (χ4v) is 2.72. The van der Waals surface area contributed by atoms with E-state index < -0.39 is 28.6 Å². The molecule has 0 aromatic heterocycles. The summed E-state index contributed by atoms with van der Waals surface area (Å²) in [6, 6.07) is 15.6. The standard InChI is InChI=1S/C17H16N2O5S/c20-16(21)13-19(15-9-5-2-6-10-15)17(22)18-25(23,24)12-11-14-7-3-1-4-8-14/h1-12H,13H2,(H,18,22)(H,20,21)/b12-11+. The summed E-state index contributed by atoms with van der Waals surface area (Å²) >= 11 is 0. The second kappa shape index (κ2) is 8.11. The van der Waals surface area contributed by atoms with Crippen molar-refractivity contribution in [2.24, 2.45) is 0 Å². The Kier molecular flexibility index (Phi) is 5.91. The minimum absolute atomic E-state index is 0.268. The highest BCUT2D eigenvalue weighted by Crippen LogP contribution is 2.13. The smallest absolute Gasteiger partial charge is 0.336 e. The van der Waals surface area contributed by atoms with Crippen molar-refractivity contribution in [1.29, 1.82) is 0 Å². The molecular formula is C17H16N2O5S. The van der Waals surface area contributed by atoms with Gasteiger partial charge in [0.05, 0.1) is 5.41 Å². The number of hydrogen-bond donors (Lipinski definition) is 2. The number of anilines is 1. The molecule has 0 bridgehead atoms. The van der Waals surface area contributed by atoms with Crippen molar-refractivity contribution in [3.8, 4) is 0 Å². The van der Waals surface area contributed by atoms with E-state index in [9.17, 15) is 18.0 Å². The van der Waals surface area contributed by atoms with Gasteiger partial charge < -0.3 is 5.11 Å². The number of carboxylic acids is 1. The molecular weight excluding hydrogens is 344 g/mol. The van der Waals surface area contributed by atoms with E-state index in [2.05, 4.69) is 0 Å². The number of carboxylic acid groups (broad SMARTS) is 1. The third kappa shape index (κ3) is 5.78. The molecule has 25 heavy (non-hydrogen) atoms. The molecule has 0 aliphatic rings. The molecule has 0 fully saturated rings. The molecule has 130 valence electrons. The molecule has 0 spiro atoms. The highest BCUT2D eigenvalue weighted by molar-refractivity contribution is 7.93. The van der Waals surface area contributed by atoms with Gasteiger partial charge in [-0.2, -0.15) is 0 Å². The van der Waals surface area contributed by atoms with E-state index in [1.165, 1.54) is 18.2 Å². The van der Waals surface area contributed by atoms with Crippen LogP contribution in [-0.4, -0.2) is 32.1 Å². The molecule has 0 heterocycles. The van der Waals surface area contributed by atoms with Crippen LogP contribution in [-0.2, 0) is 14.8 Å². The molecule has 2 aromatic rings. The van der Waals surface area contributed by atoms with Gasteiger partial charge in [0.15, 0.2) is 0 Å². The van der Waals surface area contributed by atoms with Crippen molar-refractivity contribution in [2.75, 3.05) is 11.4 Å². The summed E-state index contributed by atoms with van der Waals surface area (Å²) in [4.78, 5) is 24.1. The van der Waals surface area contributed by atoms with Crippen LogP contribution in [0.25, 0.3) is 6.08 Å². The average molecular weight is 360 g/mol. The van der Waals surface area contributed by atoms with E-state index >= 15 is 0 Å². The Balaban J connectivity index is 2.16. The van der Waals surface area contributed by atoms with Crippen LogP contribution in [0.4, 0.5) is 10.5 Å². The molecule has 0 saturated heterocycles. The Morgan fingerprint density at radius 1 is 1.00 bits per heavy atom. The van der Waals surface area contributed by atoms with Crippen molar-refractivity contribution in [3.05, 3.63) is 71.6 Å². The van der Waals surface area contributed by atoms with Crippen molar-refractivity contribution in [1.82, 2.24) is 4.72 Å². The van der Waals surface area contributed by atoms with Crippen LogP contribution < -0.4 is 9.62 Å². The number of aliphatic carboxylic acids is 1. The van der Waals surface area contributed by atoms with Crippen LogP contribution in [0.15, 0.2) is 66.1 Å². The SMILES string of the molecule is O=C(O)CN(C(=O)NS(=O)(=O)/C=C/c1ccccc1)c1ccccc1. The molecule has 8 heteroatoms. The van der Waals surface area contributed by atoms with E-state index in [4.69, 9.17) is 5.11 Å². The largest absolute Gasteiger partial charge is 0.480 e. The molecule has 0 atom stereocenters. The number of rotatable bonds is 6. The van der Waals surface area contributed by atoms with Gasteiger partial charge in [-0.25, -0.2) is 17.9 Å². The first kappa shape index (κ1) is 18.2. The maximum absolute atomic E-state index is 12.2. The van der Waals surface area contributed by atoms with E-state index in [0.29, 0.717) is 5.56 Å². The fourth-order valence-electron chi connectivity index (χ4n) is 1.97. The Bertz CT molecular complexity index is 864. The number of nitrogens with one attached hydrogen (secondary N) is 1. The normalized spacial score (nSPS) is 11.2. The van der Waals surface area contributed by atoms with Crippen LogP contribution in [0.5, 0.6) is 0 Å². The van der Waals surface area contributed by atoms with Crippen LogP contribution in [0.1, 0.15) is 5.56 Å².